The smallest absolute Gasteiger partial charge is 0.243 e. The van der Waals surface area contributed by atoms with Gasteiger partial charge in [0.05, 0.1) is 6.04 Å². The second-order valence-electron chi connectivity index (χ2n) is 4.89. The zero-order valence-electron chi connectivity index (χ0n) is 11.3. The number of nitrogens with one attached hydrogen (secondary N) is 1. The van der Waals surface area contributed by atoms with Gasteiger partial charge in [-0.15, -0.1) is 0 Å². The summed E-state index contributed by atoms with van der Waals surface area (Å²) in [5.74, 6) is 0.180. The van der Waals surface area contributed by atoms with Crippen LogP contribution in [0.3, 0.4) is 0 Å². The van der Waals surface area contributed by atoms with Crippen LogP contribution in [0, 0.1) is 0 Å². The summed E-state index contributed by atoms with van der Waals surface area (Å²) in [7, 11) is 0. The van der Waals surface area contributed by atoms with Crippen LogP contribution in [0.15, 0.2) is 24.3 Å². The molecule has 1 heterocycles. The number of anilines is 1. The van der Waals surface area contributed by atoms with E-state index in [1.165, 1.54) is 5.56 Å². The number of carbonyl (C=O) groups excluding carboxylic acids is 1. The van der Waals surface area contributed by atoms with Crippen molar-refractivity contribution < 1.29 is 4.79 Å². The predicted molar refractivity (Wildman–Crippen MR) is 74.9 cm³/mol. The predicted octanol–water partition coefficient (Wildman–Crippen LogP) is 2.35. The van der Waals surface area contributed by atoms with E-state index in [0.717, 1.165) is 38.0 Å². The van der Waals surface area contributed by atoms with E-state index < -0.39 is 0 Å². The molecular formula is C15H22N2O. The highest BCUT2D eigenvalue weighted by molar-refractivity contribution is 5.97. The Morgan fingerprint density at radius 3 is 2.67 bits per heavy atom. The second-order valence-corrected chi connectivity index (χ2v) is 4.89. The van der Waals surface area contributed by atoms with E-state index in [0.29, 0.717) is 0 Å². The lowest BCUT2D eigenvalue weighted by atomic mass is 10.1. The average molecular weight is 246 g/mol. The molecule has 0 radical (unpaired) electrons. The van der Waals surface area contributed by atoms with Crippen LogP contribution in [0.1, 0.15) is 32.3 Å². The van der Waals surface area contributed by atoms with Crippen molar-refractivity contribution in [3.8, 4) is 0 Å². The molecule has 0 bridgehead atoms. The van der Waals surface area contributed by atoms with Crippen LogP contribution < -0.4 is 10.2 Å². The quantitative estimate of drug-likeness (QED) is 0.868. The van der Waals surface area contributed by atoms with E-state index in [1.54, 1.807) is 0 Å². The van der Waals surface area contributed by atoms with Gasteiger partial charge in [-0.25, -0.2) is 0 Å². The minimum atomic E-state index is -0.0869. The Morgan fingerprint density at radius 1 is 1.28 bits per heavy atom. The van der Waals surface area contributed by atoms with Crippen LogP contribution in [0.4, 0.5) is 5.69 Å². The first kappa shape index (κ1) is 13.1. The van der Waals surface area contributed by atoms with Gasteiger partial charge in [0.25, 0.3) is 0 Å². The van der Waals surface area contributed by atoms with Crippen LogP contribution in [-0.4, -0.2) is 25.0 Å². The molecule has 1 amide bonds. The van der Waals surface area contributed by atoms with Gasteiger partial charge in [0, 0.05) is 12.2 Å². The Hall–Kier alpha value is -1.35. The summed E-state index contributed by atoms with van der Waals surface area (Å²) < 4.78 is 0. The summed E-state index contributed by atoms with van der Waals surface area (Å²) in [4.78, 5) is 14.2. The van der Waals surface area contributed by atoms with Crippen molar-refractivity contribution in [1.29, 1.82) is 0 Å². The second kappa shape index (κ2) is 6.01. The molecular weight excluding hydrogens is 224 g/mol. The third kappa shape index (κ3) is 2.91. The lowest BCUT2D eigenvalue weighted by Gasteiger charge is -2.29. The van der Waals surface area contributed by atoms with E-state index in [1.807, 2.05) is 11.8 Å². The number of hydrogen-bond acceptors (Lipinski definition) is 2. The Balaban J connectivity index is 2.19. The van der Waals surface area contributed by atoms with Crippen molar-refractivity contribution in [3.63, 3.8) is 0 Å². The molecule has 1 aliphatic rings. The summed E-state index contributed by atoms with van der Waals surface area (Å²) in [6, 6.07) is 8.26. The molecule has 0 aliphatic carbocycles. The summed E-state index contributed by atoms with van der Waals surface area (Å²) >= 11 is 0. The van der Waals surface area contributed by atoms with Gasteiger partial charge in [0.1, 0.15) is 0 Å². The first-order valence-corrected chi connectivity index (χ1v) is 6.86. The fraction of sp³-hybridized carbons (Fsp3) is 0.533. The largest absolute Gasteiger partial charge is 0.311 e. The first-order chi connectivity index (χ1) is 8.72. The number of aryl methyl sites for hydroxylation is 1. The molecule has 1 N–H and O–H groups in total. The Bertz CT molecular complexity index is 399. The molecule has 1 saturated heterocycles. The van der Waals surface area contributed by atoms with Crippen LogP contribution in [0.25, 0.3) is 0 Å². The van der Waals surface area contributed by atoms with Gasteiger partial charge in [0.15, 0.2) is 0 Å². The molecule has 3 nitrogen and oxygen atoms in total. The monoisotopic (exact) mass is 246 g/mol. The van der Waals surface area contributed by atoms with Crippen molar-refractivity contribution in [2.24, 2.45) is 0 Å². The molecule has 1 unspecified atom stereocenters. The maximum Gasteiger partial charge on any atom is 0.243 e. The Kier molecular flexibility index (Phi) is 4.37. The molecule has 0 spiro atoms. The summed E-state index contributed by atoms with van der Waals surface area (Å²) in [6.45, 7) is 5.86. The molecule has 1 aliphatic heterocycles. The minimum absolute atomic E-state index is 0.0869. The van der Waals surface area contributed by atoms with Crippen molar-refractivity contribution >= 4 is 11.6 Å². The van der Waals surface area contributed by atoms with Crippen molar-refractivity contribution in [2.75, 3.05) is 18.0 Å². The average Bonchev–Trinajstić information content (AvgIpc) is 2.40. The lowest BCUT2D eigenvalue weighted by Crippen LogP contribution is -2.47. The number of benzene rings is 1. The van der Waals surface area contributed by atoms with Gasteiger partial charge in [-0.2, -0.15) is 0 Å². The van der Waals surface area contributed by atoms with E-state index in [9.17, 15) is 4.79 Å². The fourth-order valence-electron chi connectivity index (χ4n) is 2.31. The number of carbonyl (C=O) groups is 1. The Morgan fingerprint density at radius 2 is 2.00 bits per heavy atom. The molecule has 3 heteroatoms. The van der Waals surface area contributed by atoms with Crippen LogP contribution in [0.5, 0.6) is 0 Å². The van der Waals surface area contributed by atoms with E-state index >= 15 is 0 Å². The third-order valence-corrected chi connectivity index (χ3v) is 3.55. The topological polar surface area (TPSA) is 32.3 Å². The maximum atomic E-state index is 12.3. The van der Waals surface area contributed by atoms with Crippen molar-refractivity contribution in [3.05, 3.63) is 29.8 Å². The Labute approximate surface area is 109 Å². The molecule has 0 saturated carbocycles. The molecule has 2 rings (SSSR count). The number of rotatable bonds is 2. The normalized spacial score (nSPS) is 21.6. The number of hydrogen-bond donors (Lipinski definition) is 1. The molecule has 18 heavy (non-hydrogen) atoms. The maximum absolute atomic E-state index is 12.3. The molecule has 1 fully saturated rings. The minimum Gasteiger partial charge on any atom is -0.311 e. The van der Waals surface area contributed by atoms with E-state index in [-0.39, 0.29) is 11.9 Å². The number of amides is 1. The van der Waals surface area contributed by atoms with Gasteiger partial charge < -0.3 is 10.2 Å². The highest BCUT2D eigenvalue weighted by Gasteiger charge is 2.22. The summed E-state index contributed by atoms with van der Waals surface area (Å²) in [5.41, 5.74) is 2.33. The third-order valence-electron chi connectivity index (χ3n) is 3.55. The standard InChI is InChI=1S/C15H22N2O/c1-3-13-6-8-14(9-7-13)17-11-5-4-10-16-12(2)15(17)18/h6-9,12,16H,3-5,10-11H2,1-2H3. The summed E-state index contributed by atoms with van der Waals surface area (Å²) in [6.07, 6.45) is 3.22. The lowest BCUT2D eigenvalue weighted by molar-refractivity contribution is -0.120. The van der Waals surface area contributed by atoms with E-state index in [4.69, 9.17) is 0 Å². The van der Waals surface area contributed by atoms with Gasteiger partial charge in [0.2, 0.25) is 5.91 Å². The van der Waals surface area contributed by atoms with Gasteiger partial charge in [-0.1, -0.05) is 19.1 Å². The zero-order valence-corrected chi connectivity index (χ0v) is 11.3. The molecule has 0 aromatic heterocycles. The molecule has 98 valence electrons. The van der Waals surface area contributed by atoms with Crippen LogP contribution in [0.2, 0.25) is 0 Å². The number of nitrogens with zero attached hydrogens (tertiary/aromatic N) is 1. The highest BCUT2D eigenvalue weighted by atomic mass is 16.2. The van der Waals surface area contributed by atoms with Gasteiger partial charge in [-0.05, 0) is 50.4 Å². The molecule has 1 aromatic rings. The van der Waals surface area contributed by atoms with E-state index in [2.05, 4.69) is 36.5 Å². The molecule has 1 atom stereocenters. The van der Waals surface area contributed by atoms with Crippen molar-refractivity contribution in [2.45, 2.75) is 39.2 Å². The van der Waals surface area contributed by atoms with Crippen LogP contribution >= 0.6 is 0 Å². The van der Waals surface area contributed by atoms with Crippen LogP contribution in [-0.2, 0) is 11.2 Å². The van der Waals surface area contributed by atoms with Gasteiger partial charge >= 0.3 is 0 Å². The zero-order chi connectivity index (χ0) is 13.0. The SMILES string of the molecule is CCc1ccc(N2CCCCNC(C)C2=O)cc1. The highest BCUT2D eigenvalue weighted by Crippen LogP contribution is 2.18. The van der Waals surface area contributed by atoms with Crippen molar-refractivity contribution in [1.82, 2.24) is 5.32 Å². The summed E-state index contributed by atoms with van der Waals surface area (Å²) in [5, 5.41) is 3.27. The first-order valence-electron chi connectivity index (χ1n) is 6.86. The fourth-order valence-corrected chi connectivity index (χ4v) is 2.31. The molecule has 1 aromatic carbocycles. The van der Waals surface area contributed by atoms with Gasteiger partial charge in [-0.3, -0.25) is 4.79 Å².